The molecule has 1 N–H and O–H groups in total. The van der Waals surface area contributed by atoms with Gasteiger partial charge in [0.05, 0.1) is 7.11 Å². The molecule has 1 aromatic heterocycles. The van der Waals surface area contributed by atoms with E-state index in [1.165, 1.54) is 0 Å². The number of nitrogens with one attached hydrogen (secondary N) is 1. The van der Waals surface area contributed by atoms with E-state index in [4.69, 9.17) is 4.74 Å². The Kier molecular flexibility index (Phi) is 5.37. The molecule has 1 amide bonds. The van der Waals surface area contributed by atoms with Gasteiger partial charge in [-0.1, -0.05) is 30.3 Å². The first kappa shape index (κ1) is 17.7. The Labute approximate surface area is 152 Å². The summed E-state index contributed by atoms with van der Waals surface area (Å²) in [5.41, 5.74) is 2.57. The normalized spacial score (nSPS) is 10.7. The van der Waals surface area contributed by atoms with Crippen molar-refractivity contribution in [1.82, 2.24) is 9.88 Å². The first-order valence-electron chi connectivity index (χ1n) is 8.54. The summed E-state index contributed by atoms with van der Waals surface area (Å²) in [5.74, 6) is 0.851. The third-order valence-corrected chi connectivity index (χ3v) is 4.46. The highest BCUT2D eigenvalue weighted by Gasteiger charge is 2.12. The predicted molar refractivity (Wildman–Crippen MR) is 102 cm³/mol. The zero-order valence-corrected chi connectivity index (χ0v) is 15.0. The Morgan fingerprint density at radius 1 is 1.12 bits per heavy atom. The van der Waals surface area contributed by atoms with Gasteiger partial charge in [-0.05, 0) is 35.7 Å². The Hall–Kier alpha value is -3.08. The van der Waals surface area contributed by atoms with Crippen molar-refractivity contribution >= 4 is 16.8 Å². The van der Waals surface area contributed by atoms with Crippen LogP contribution in [0, 0.1) is 0 Å². The van der Waals surface area contributed by atoms with Gasteiger partial charge in [0.25, 0.3) is 0 Å². The zero-order valence-electron chi connectivity index (χ0n) is 15.0. The van der Waals surface area contributed by atoms with Crippen LogP contribution in [-0.4, -0.2) is 29.9 Å². The number of nitrogens with zero attached hydrogens (tertiary/aromatic N) is 1. The number of H-pyrrole nitrogens is 1. The second-order valence-corrected chi connectivity index (χ2v) is 6.30. The van der Waals surface area contributed by atoms with Gasteiger partial charge in [-0.3, -0.25) is 9.59 Å². The Bertz CT molecular complexity index is 961. The number of fused-ring (bicyclic) bond motifs is 1. The summed E-state index contributed by atoms with van der Waals surface area (Å²) in [5, 5.41) is 0.960. The maximum absolute atomic E-state index is 12.5. The molecule has 0 spiro atoms. The van der Waals surface area contributed by atoms with Gasteiger partial charge in [0, 0.05) is 37.0 Å². The van der Waals surface area contributed by atoms with Crippen molar-refractivity contribution in [2.24, 2.45) is 0 Å². The standard InChI is InChI=1S/C21H22N2O3/c1-23(21(25)12-9-15-7-10-17(26-2)11-8-15)14-16-13-20(24)22-19-6-4-3-5-18(16)19/h3-8,10-11,13H,9,12,14H2,1-2H3,(H,22,24). The smallest absolute Gasteiger partial charge is 0.248 e. The van der Waals surface area contributed by atoms with E-state index in [-0.39, 0.29) is 11.5 Å². The first-order valence-corrected chi connectivity index (χ1v) is 8.54. The van der Waals surface area contributed by atoms with Crippen LogP contribution in [0.1, 0.15) is 17.5 Å². The molecule has 0 aliphatic carbocycles. The number of hydrogen-bond acceptors (Lipinski definition) is 3. The number of aryl methyl sites for hydroxylation is 1. The van der Waals surface area contributed by atoms with Crippen LogP contribution in [0.4, 0.5) is 0 Å². The number of para-hydroxylation sites is 1. The Balaban J connectivity index is 1.66. The summed E-state index contributed by atoms with van der Waals surface area (Å²) >= 11 is 0. The molecular formula is C21H22N2O3. The van der Waals surface area contributed by atoms with Crippen molar-refractivity contribution in [2.45, 2.75) is 19.4 Å². The average Bonchev–Trinajstić information content (AvgIpc) is 2.66. The molecule has 0 unspecified atom stereocenters. The van der Waals surface area contributed by atoms with Gasteiger partial charge in [0.2, 0.25) is 11.5 Å². The van der Waals surface area contributed by atoms with Gasteiger partial charge >= 0.3 is 0 Å². The van der Waals surface area contributed by atoms with Gasteiger partial charge in [-0.2, -0.15) is 0 Å². The lowest BCUT2D eigenvalue weighted by Crippen LogP contribution is -2.27. The highest BCUT2D eigenvalue weighted by molar-refractivity contribution is 5.82. The number of amides is 1. The quantitative estimate of drug-likeness (QED) is 0.743. The van der Waals surface area contributed by atoms with E-state index in [1.807, 2.05) is 48.5 Å². The summed E-state index contributed by atoms with van der Waals surface area (Å²) < 4.78 is 5.14. The molecule has 0 radical (unpaired) electrons. The van der Waals surface area contributed by atoms with E-state index in [0.29, 0.717) is 19.4 Å². The number of carbonyl (C=O) groups is 1. The van der Waals surface area contributed by atoms with Crippen molar-refractivity contribution in [3.63, 3.8) is 0 Å². The molecule has 5 nitrogen and oxygen atoms in total. The molecule has 3 rings (SSSR count). The SMILES string of the molecule is COc1ccc(CCC(=O)N(C)Cc2cc(=O)[nH]c3ccccc23)cc1. The van der Waals surface area contributed by atoms with E-state index < -0.39 is 0 Å². The predicted octanol–water partition coefficient (Wildman–Crippen LogP) is 3.13. The lowest BCUT2D eigenvalue weighted by molar-refractivity contribution is -0.130. The van der Waals surface area contributed by atoms with Crippen molar-refractivity contribution in [1.29, 1.82) is 0 Å². The third kappa shape index (κ3) is 4.11. The number of methoxy groups -OCH3 is 1. The number of aromatic nitrogens is 1. The number of pyridine rings is 1. The molecule has 26 heavy (non-hydrogen) atoms. The maximum atomic E-state index is 12.5. The van der Waals surface area contributed by atoms with Crippen LogP contribution in [-0.2, 0) is 17.8 Å². The molecule has 0 bridgehead atoms. The number of benzene rings is 2. The minimum atomic E-state index is -0.155. The van der Waals surface area contributed by atoms with E-state index in [1.54, 1.807) is 25.1 Å². The summed E-state index contributed by atoms with van der Waals surface area (Å²) in [6.07, 6.45) is 1.09. The fourth-order valence-corrected chi connectivity index (χ4v) is 2.99. The van der Waals surface area contributed by atoms with Crippen LogP contribution in [0.3, 0.4) is 0 Å². The number of aromatic amines is 1. The van der Waals surface area contributed by atoms with E-state index >= 15 is 0 Å². The molecular weight excluding hydrogens is 328 g/mol. The van der Waals surface area contributed by atoms with Gasteiger partial charge in [-0.15, -0.1) is 0 Å². The molecule has 0 fully saturated rings. The summed E-state index contributed by atoms with van der Waals surface area (Å²) in [7, 11) is 3.40. The van der Waals surface area contributed by atoms with Crippen LogP contribution in [0.2, 0.25) is 0 Å². The van der Waals surface area contributed by atoms with E-state index in [9.17, 15) is 9.59 Å². The van der Waals surface area contributed by atoms with Crippen molar-refractivity contribution < 1.29 is 9.53 Å². The molecule has 3 aromatic rings. The number of rotatable bonds is 6. The average molecular weight is 350 g/mol. The fourth-order valence-electron chi connectivity index (χ4n) is 2.99. The van der Waals surface area contributed by atoms with E-state index in [0.717, 1.165) is 27.8 Å². The Morgan fingerprint density at radius 3 is 2.58 bits per heavy atom. The third-order valence-electron chi connectivity index (χ3n) is 4.46. The molecule has 0 atom stereocenters. The summed E-state index contributed by atoms with van der Waals surface area (Å²) in [4.78, 5) is 28.8. The van der Waals surface area contributed by atoms with Crippen molar-refractivity contribution in [3.8, 4) is 5.75 Å². The minimum absolute atomic E-state index is 0.0465. The monoisotopic (exact) mass is 350 g/mol. The van der Waals surface area contributed by atoms with E-state index in [2.05, 4.69) is 4.98 Å². The lowest BCUT2D eigenvalue weighted by Gasteiger charge is -2.18. The van der Waals surface area contributed by atoms with Gasteiger partial charge in [0.1, 0.15) is 5.75 Å². The summed E-state index contributed by atoms with van der Waals surface area (Å²) in [6.45, 7) is 0.409. The second-order valence-electron chi connectivity index (χ2n) is 6.30. The minimum Gasteiger partial charge on any atom is -0.497 e. The molecule has 0 saturated carbocycles. The van der Waals surface area contributed by atoms with Gasteiger partial charge in [0.15, 0.2) is 0 Å². The molecule has 0 saturated heterocycles. The molecule has 0 aliphatic heterocycles. The maximum Gasteiger partial charge on any atom is 0.248 e. The molecule has 5 heteroatoms. The molecule has 2 aromatic carbocycles. The molecule has 1 heterocycles. The second kappa shape index (κ2) is 7.87. The van der Waals surface area contributed by atoms with Crippen LogP contribution in [0.15, 0.2) is 59.4 Å². The van der Waals surface area contributed by atoms with Crippen LogP contribution >= 0.6 is 0 Å². The topological polar surface area (TPSA) is 62.4 Å². The van der Waals surface area contributed by atoms with Crippen LogP contribution in [0.5, 0.6) is 5.75 Å². The molecule has 0 aliphatic rings. The van der Waals surface area contributed by atoms with Crippen LogP contribution in [0.25, 0.3) is 10.9 Å². The number of hydrogen-bond donors (Lipinski definition) is 1. The fraction of sp³-hybridized carbons (Fsp3) is 0.238. The lowest BCUT2D eigenvalue weighted by atomic mass is 10.1. The van der Waals surface area contributed by atoms with Gasteiger partial charge < -0.3 is 14.6 Å². The van der Waals surface area contributed by atoms with Gasteiger partial charge in [-0.25, -0.2) is 0 Å². The highest BCUT2D eigenvalue weighted by Crippen LogP contribution is 2.17. The highest BCUT2D eigenvalue weighted by atomic mass is 16.5. The van der Waals surface area contributed by atoms with Crippen LogP contribution < -0.4 is 10.3 Å². The van der Waals surface area contributed by atoms with Crippen molar-refractivity contribution in [3.05, 3.63) is 76.1 Å². The zero-order chi connectivity index (χ0) is 18.5. The largest absolute Gasteiger partial charge is 0.497 e. The number of ether oxygens (including phenoxy) is 1. The molecule has 134 valence electrons. The summed E-state index contributed by atoms with van der Waals surface area (Å²) in [6, 6.07) is 16.9. The Morgan fingerprint density at radius 2 is 1.85 bits per heavy atom. The first-order chi connectivity index (χ1) is 12.6. The number of carbonyl (C=O) groups excluding carboxylic acids is 1. The van der Waals surface area contributed by atoms with Crippen molar-refractivity contribution in [2.75, 3.05) is 14.2 Å².